The van der Waals surface area contributed by atoms with Crippen molar-refractivity contribution < 1.29 is 31.9 Å². The van der Waals surface area contributed by atoms with Crippen LogP contribution in [0.4, 0.5) is 34.9 Å². The van der Waals surface area contributed by atoms with Crippen molar-refractivity contribution in [3.05, 3.63) is 77.4 Å². The molecule has 5 N–H and O–H groups in total. The summed E-state index contributed by atoms with van der Waals surface area (Å²) in [5, 5.41) is 8.19. The van der Waals surface area contributed by atoms with E-state index in [-0.39, 0.29) is 17.5 Å². The predicted octanol–water partition coefficient (Wildman–Crippen LogP) is 3.86. The van der Waals surface area contributed by atoms with Crippen LogP contribution in [0.25, 0.3) is 0 Å². The molecule has 1 fully saturated rings. The number of amides is 2. The van der Waals surface area contributed by atoms with Crippen molar-refractivity contribution in [3.63, 3.8) is 0 Å². The van der Waals surface area contributed by atoms with Gasteiger partial charge in [0.2, 0.25) is 11.9 Å². The summed E-state index contributed by atoms with van der Waals surface area (Å²) in [5.74, 6) is -1.21. The smallest absolute Gasteiger partial charge is 0.381 e. The lowest BCUT2D eigenvalue weighted by Gasteiger charge is -2.15. The van der Waals surface area contributed by atoms with Crippen LogP contribution < -0.4 is 21.7 Å². The lowest BCUT2D eigenvalue weighted by molar-refractivity contribution is -0.137. The summed E-state index contributed by atoms with van der Waals surface area (Å²) < 4.78 is 57.5. The van der Waals surface area contributed by atoms with E-state index in [0.717, 1.165) is 17.7 Å². The number of nitrogens with two attached hydrogens (primary N) is 1. The number of aromatic nitrogens is 2. The number of ether oxygens (including phenoxy) is 1. The number of anilines is 3. The molecule has 0 bridgehead atoms. The van der Waals surface area contributed by atoms with Crippen LogP contribution in [0.3, 0.4) is 0 Å². The second-order valence-electron chi connectivity index (χ2n) is 8.20. The summed E-state index contributed by atoms with van der Waals surface area (Å²) in [4.78, 5) is 30.1. The minimum Gasteiger partial charge on any atom is -0.381 e. The Bertz CT molecular complexity index is 1230. The van der Waals surface area contributed by atoms with E-state index in [4.69, 9.17) is 10.5 Å². The molecule has 2 amide bonds. The molecule has 1 aliphatic heterocycles. The Kier molecular flexibility index (Phi) is 9.55. The van der Waals surface area contributed by atoms with Crippen LogP contribution in [0.5, 0.6) is 0 Å². The summed E-state index contributed by atoms with van der Waals surface area (Å²) in [7, 11) is 1.69. The molecule has 1 aliphatic rings. The van der Waals surface area contributed by atoms with E-state index in [9.17, 15) is 27.2 Å². The van der Waals surface area contributed by atoms with Gasteiger partial charge in [-0.05, 0) is 42.3 Å². The molecule has 0 saturated carbocycles. The number of rotatable bonds is 7. The minimum absolute atomic E-state index is 0.0733. The van der Waals surface area contributed by atoms with Gasteiger partial charge in [0.1, 0.15) is 5.82 Å². The number of nitrogens with one attached hydrogen (secondary N) is 3. The van der Waals surface area contributed by atoms with Crippen molar-refractivity contribution in [2.45, 2.75) is 19.1 Å². The second kappa shape index (κ2) is 12.8. The van der Waals surface area contributed by atoms with Crippen LogP contribution in [-0.2, 0) is 22.3 Å². The highest BCUT2D eigenvalue weighted by molar-refractivity contribution is 5.92. The molecular formula is C25H26F4N6O3. The number of alkyl halides is 3. The van der Waals surface area contributed by atoms with Gasteiger partial charge in [-0.3, -0.25) is 9.59 Å². The Morgan fingerprint density at radius 3 is 2.34 bits per heavy atom. The van der Waals surface area contributed by atoms with Gasteiger partial charge >= 0.3 is 6.18 Å². The summed E-state index contributed by atoms with van der Waals surface area (Å²) >= 11 is 0. The van der Waals surface area contributed by atoms with Gasteiger partial charge in [0.15, 0.2) is 0 Å². The van der Waals surface area contributed by atoms with Crippen molar-refractivity contribution in [3.8, 4) is 0 Å². The number of halogens is 4. The molecule has 2 heterocycles. The van der Waals surface area contributed by atoms with E-state index in [1.807, 2.05) is 0 Å². The van der Waals surface area contributed by atoms with Crippen LogP contribution in [0.2, 0.25) is 0 Å². The highest BCUT2D eigenvalue weighted by Gasteiger charge is 2.34. The van der Waals surface area contributed by atoms with E-state index in [2.05, 4.69) is 25.9 Å². The maximum Gasteiger partial charge on any atom is 0.418 e. The fraction of sp³-hybridized carbons (Fsp3) is 0.280. The Labute approximate surface area is 215 Å². The largest absolute Gasteiger partial charge is 0.418 e. The molecule has 3 aromatic rings. The van der Waals surface area contributed by atoms with Gasteiger partial charge in [-0.15, -0.1) is 0 Å². The minimum atomic E-state index is -4.67. The second-order valence-corrected chi connectivity index (χ2v) is 8.20. The molecule has 202 valence electrons. The zero-order valence-corrected chi connectivity index (χ0v) is 20.3. The van der Waals surface area contributed by atoms with Crippen LogP contribution in [-0.4, -0.2) is 42.0 Å². The zero-order valence-electron chi connectivity index (χ0n) is 20.3. The summed E-state index contributed by atoms with van der Waals surface area (Å²) in [6.07, 6.45) is -1.21. The maximum atomic E-state index is 13.2. The average Bonchev–Trinajstić information content (AvgIpc) is 3.44. The Morgan fingerprint density at radius 1 is 1.11 bits per heavy atom. The van der Waals surface area contributed by atoms with Gasteiger partial charge < -0.3 is 26.4 Å². The summed E-state index contributed by atoms with van der Waals surface area (Å²) in [6, 6.07) is 9.07. The first kappa shape index (κ1) is 28.3. The van der Waals surface area contributed by atoms with Gasteiger partial charge in [0, 0.05) is 38.3 Å². The first-order valence-electron chi connectivity index (χ1n) is 11.4. The van der Waals surface area contributed by atoms with Crippen molar-refractivity contribution in [2.75, 3.05) is 30.9 Å². The zero-order chi connectivity index (χ0) is 27.7. The monoisotopic (exact) mass is 534 g/mol. The van der Waals surface area contributed by atoms with Crippen LogP contribution >= 0.6 is 0 Å². The normalized spacial score (nSPS) is 14.7. The molecule has 1 aromatic heterocycles. The molecule has 0 aliphatic carbocycles. The third-order valence-electron chi connectivity index (χ3n) is 5.45. The number of benzene rings is 2. The lowest BCUT2D eigenvalue weighted by atomic mass is 10.1. The van der Waals surface area contributed by atoms with E-state index in [1.54, 1.807) is 31.3 Å². The first-order valence-corrected chi connectivity index (χ1v) is 11.4. The van der Waals surface area contributed by atoms with Gasteiger partial charge in [0.25, 0.3) is 5.91 Å². The summed E-state index contributed by atoms with van der Waals surface area (Å²) in [6.45, 7) is 1.33. The Balaban J connectivity index is 0.000000304. The Morgan fingerprint density at radius 2 is 1.79 bits per heavy atom. The van der Waals surface area contributed by atoms with E-state index in [1.165, 1.54) is 12.4 Å². The summed E-state index contributed by atoms with van der Waals surface area (Å²) in [5.41, 5.74) is 5.20. The number of hydrogen-bond donors (Lipinski definition) is 4. The molecule has 2 aromatic carbocycles. The van der Waals surface area contributed by atoms with Crippen LogP contribution in [0, 0.1) is 11.7 Å². The van der Waals surface area contributed by atoms with Crippen LogP contribution in [0.15, 0.2) is 54.9 Å². The average molecular weight is 535 g/mol. The fourth-order valence-electron chi connectivity index (χ4n) is 3.38. The highest BCUT2D eigenvalue weighted by atomic mass is 19.4. The molecule has 0 spiro atoms. The first-order chi connectivity index (χ1) is 18.1. The highest BCUT2D eigenvalue weighted by Crippen LogP contribution is 2.36. The van der Waals surface area contributed by atoms with E-state index >= 15 is 0 Å². The quantitative estimate of drug-likeness (QED) is 0.339. The standard InChI is InChI=1S/C19H18F4N2O2.C6H8N4O/c20-14-3-6-17(16(9-14)19(21,22)23)25-15-4-1-12(2-5-15)10-24-18(26)13-7-8-27-11-13;1-8-6-9-2-4(3-10-6)5(7)11/h1-6,9,13,25H,7-8,10-11H2,(H,24,26);2-3H,1H3,(H2,7,11)(H,8,9,10). The molecule has 13 heteroatoms. The molecule has 1 saturated heterocycles. The van der Waals surface area contributed by atoms with Crippen molar-refractivity contribution >= 4 is 29.1 Å². The van der Waals surface area contributed by atoms with E-state index in [0.29, 0.717) is 49.4 Å². The molecule has 0 radical (unpaired) electrons. The molecule has 38 heavy (non-hydrogen) atoms. The maximum absolute atomic E-state index is 13.2. The SMILES string of the molecule is CNc1ncc(C(N)=O)cn1.O=C(NCc1ccc(Nc2ccc(F)cc2C(F)(F)F)cc1)C1CCOC1. The van der Waals surface area contributed by atoms with Crippen molar-refractivity contribution in [2.24, 2.45) is 11.7 Å². The molecule has 1 unspecified atom stereocenters. The third-order valence-corrected chi connectivity index (χ3v) is 5.45. The number of nitrogens with zero attached hydrogens (tertiary/aromatic N) is 2. The fourth-order valence-corrected chi connectivity index (χ4v) is 3.38. The molecule has 4 rings (SSSR count). The Hall–Kier alpha value is -4.26. The third kappa shape index (κ3) is 8.13. The van der Waals surface area contributed by atoms with E-state index < -0.39 is 23.5 Å². The molecule has 1 atom stereocenters. The van der Waals surface area contributed by atoms with Crippen molar-refractivity contribution in [1.29, 1.82) is 0 Å². The lowest BCUT2D eigenvalue weighted by Crippen LogP contribution is -2.30. The van der Waals surface area contributed by atoms with Crippen LogP contribution in [0.1, 0.15) is 27.9 Å². The van der Waals surface area contributed by atoms with Gasteiger partial charge in [-0.25, -0.2) is 14.4 Å². The van der Waals surface area contributed by atoms with Gasteiger partial charge in [0.05, 0.1) is 29.3 Å². The van der Waals surface area contributed by atoms with Crippen molar-refractivity contribution in [1.82, 2.24) is 15.3 Å². The number of hydrogen-bond acceptors (Lipinski definition) is 7. The van der Waals surface area contributed by atoms with Gasteiger partial charge in [-0.1, -0.05) is 12.1 Å². The number of carbonyl (C=O) groups excluding carboxylic acids is 2. The molecule has 9 nitrogen and oxygen atoms in total. The molecular weight excluding hydrogens is 508 g/mol. The number of carbonyl (C=O) groups is 2. The number of primary amides is 1. The van der Waals surface area contributed by atoms with Gasteiger partial charge in [-0.2, -0.15) is 13.2 Å². The predicted molar refractivity (Wildman–Crippen MR) is 132 cm³/mol. The topological polar surface area (TPSA) is 131 Å².